The van der Waals surface area contributed by atoms with Crippen molar-refractivity contribution >= 4 is 24.7 Å². The zero-order valence-electron chi connectivity index (χ0n) is 23.3. The molecule has 2 aromatic carbocycles. The molecule has 0 aromatic heterocycles. The van der Waals surface area contributed by atoms with Gasteiger partial charge in [0, 0.05) is 0 Å². The fraction of sp³-hybridized carbons (Fsp3) is 0.594. The van der Waals surface area contributed by atoms with Crippen molar-refractivity contribution < 1.29 is 14.3 Å². The second-order valence-corrected chi connectivity index (χ2v) is 15.5. The molecule has 2 rings (SSSR count). The summed E-state index contributed by atoms with van der Waals surface area (Å²) >= 11 is 0. The van der Waals surface area contributed by atoms with Gasteiger partial charge in [0.1, 0.15) is 6.10 Å². The first-order chi connectivity index (χ1) is 17.3. The molecule has 0 aliphatic carbocycles. The van der Waals surface area contributed by atoms with Crippen LogP contribution >= 0.6 is 0 Å². The summed E-state index contributed by atoms with van der Waals surface area (Å²) in [4.78, 5) is 12.4. The van der Waals surface area contributed by atoms with Gasteiger partial charge >= 0.3 is 5.97 Å². The van der Waals surface area contributed by atoms with E-state index in [9.17, 15) is 9.90 Å². The van der Waals surface area contributed by atoms with Crippen molar-refractivity contribution in [3.63, 3.8) is 0 Å². The van der Waals surface area contributed by atoms with Crippen molar-refractivity contribution in [2.45, 2.75) is 122 Å². The van der Waals surface area contributed by atoms with Crippen LogP contribution in [0.15, 0.2) is 60.7 Å². The van der Waals surface area contributed by atoms with Crippen LogP contribution in [0.4, 0.5) is 0 Å². The zero-order chi connectivity index (χ0) is 26.3. The number of carbonyl (C=O) groups is 1. The zero-order valence-corrected chi connectivity index (χ0v) is 24.3. The molecule has 2 aromatic rings. The lowest BCUT2D eigenvalue weighted by Gasteiger charge is -2.44. The molecule has 36 heavy (non-hydrogen) atoms. The molecule has 1 atom stereocenters. The highest BCUT2D eigenvalue weighted by Crippen LogP contribution is 2.38. The quantitative estimate of drug-likeness (QED) is 0.163. The average Bonchev–Trinajstić information content (AvgIpc) is 2.86. The van der Waals surface area contributed by atoms with E-state index in [1.807, 2.05) is 36.4 Å². The monoisotopic (exact) mass is 510 g/mol. The van der Waals surface area contributed by atoms with Gasteiger partial charge in [-0.15, -0.1) is 0 Å². The molecule has 0 fully saturated rings. The molecule has 0 saturated heterocycles. The van der Waals surface area contributed by atoms with Crippen LogP contribution in [-0.2, 0) is 9.22 Å². The highest BCUT2D eigenvalue weighted by molar-refractivity contribution is 6.99. The van der Waals surface area contributed by atoms with Crippen molar-refractivity contribution in [2.24, 2.45) is 0 Å². The van der Waals surface area contributed by atoms with Gasteiger partial charge in [-0.3, -0.25) is 0 Å². The van der Waals surface area contributed by atoms with Crippen LogP contribution in [0, 0.1) is 0 Å². The summed E-state index contributed by atoms with van der Waals surface area (Å²) in [7, 11) is -2.86. The van der Waals surface area contributed by atoms with Crippen LogP contribution in [0.25, 0.3) is 0 Å². The molecular weight excluding hydrogens is 460 g/mol. The van der Waals surface area contributed by atoms with E-state index in [0.717, 1.165) is 23.2 Å². The highest BCUT2D eigenvalue weighted by atomic mass is 28.4. The SMILES string of the molecule is CCCCCCCCCCCCCC[C@@H](O[Si](c1ccccc1)(c1ccccc1)C(C)(C)C)C(=O)O. The van der Waals surface area contributed by atoms with Crippen LogP contribution < -0.4 is 10.4 Å². The van der Waals surface area contributed by atoms with Gasteiger partial charge in [0.25, 0.3) is 8.32 Å². The number of rotatable bonds is 18. The van der Waals surface area contributed by atoms with E-state index < -0.39 is 20.4 Å². The number of carboxylic acids is 1. The minimum Gasteiger partial charge on any atom is -0.479 e. The van der Waals surface area contributed by atoms with Gasteiger partial charge < -0.3 is 9.53 Å². The van der Waals surface area contributed by atoms with Crippen molar-refractivity contribution in [3.05, 3.63) is 60.7 Å². The summed E-state index contributed by atoms with van der Waals surface area (Å²) in [6, 6.07) is 20.6. The van der Waals surface area contributed by atoms with Crippen molar-refractivity contribution in [1.29, 1.82) is 0 Å². The summed E-state index contributed by atoms with van der Waals surface area (Å²) in [5.74, 6) is -0.842. The Hall–Kier alpha value is -1.91. The Balaban J connectivity index is 1.97. The van der Waals surface area contributed by atoms with Crippen LogP contribution in [0.5, 0.6) is 0 Å². The molecule has 0 aliphatic heterocycles. The molecule has 0 unspecified atom stereocenters. The molecule has 1 N–H and O–H groups in total. The van der Waals surface area contributed by atoms with Gasteiger partial charge in [0.15, 0.2) is 0 Å². The summed E-state index contributed by atoms with van der Waals surface area (Å²) in [5, 5.41) is 12.2. The molecule has 0 bridgehead atoms. The largest absolute Gasteiger partial charge is 0.479 e. The summed E-state index contributed by atoms with van der Waals surface area (Å²) in [6.45, 7) is 8.85. The lowest BCUT2D eigenvalue weighted by atomic mass is 10.0. The van der Waals surface area contributed by atoms with Gasteiger partial charge in [-0.05, 0) is 21.8 Å². The topological polar surface area (TPSA) is 46.5 Å². The third-order valence-electron chi connectivity index (χ3n) is 7.33. The van der Waals surface area contributed by atoms with Crippen molar-refractivity contribution in [3.8, 4) is 0 Å². The summed E-state index contributed by atoms with van der Waals surface area (Å²) in [5.41, 5.74) is 0. The number of hydrogen-bond acceptors (Lipinski definition) is 2. The average molecular weight is 511 g/mol. The first kappa shape index (κ1) is 30.3. The number of hydrogen-bond donors (Lipinski definition) is 1. The maximum absolute atomic E-state index is 12.4. The minimum absolute atomic E-state index is 0.222. The number of unbranched alkanes of at least 4 members (excludes halogenated alkanes) is 11. The van der Waals surface area contributed by atoms with Crippen LogP contribution in [0.3, 0.4) is 0 Å². The molecule has 3 nitrogen and oxygen atoms in total. The van der Waals surface area contributed by atoms with Crippen molar-refractivity contribution in [1.82, 2.24) is 0 Å². The predicted molar refractivity (Wildman–Crippen MR) is 156 cm³/mol. The smallest absolute Gasteiger partial charge is 0.331 e. The first-order valence-corrected chi connectivity index (χ1v) is 16.3. The van der Waals surface area contributed by atoms with Crippen LogP contribution in [-0.4, -0.2) is 25.5 Å². The van der Waals surface area contributed by atoms with E-state index >= 15 is 0 Å². The van der Waals surface area contributed by atoms with E-state index in [4.69, 9.17) is 4.43 Å². The molecule has 0 amide bonds. The Morgan fingerprint density at radius 1 is 0.722 bits per heavy atom. The normalized spacial score (nSPS) is 13.0. The van der Waals surface area contributed by atoms with E-state index in [1.165, 1.54) is 64.2 Å². The predicted octanol–water partition coefficient (Wildman–Crippen LogP) is 8.11. The standard InChI is InChI=1S/C32H50O3Si/c1-5-6-7-8-9-10-11-12-13-14-15-22-27-30(31(33)34)35-36(32(2,3)4,28-23-18-16-19-24-28)29-25-20-17-21-26-29/h16-21,23-26,30H,5-15,22,27H2,1-4H3,(H,33,34)/t30-/m1/s1. The van der Waals surface area contributed by atoms with Gasteiger partial charge in [-0.1, -0.05) is 165 Å². The second-order valence-electron chi connectivity index (χ2n) is 11.3. The summed E-state index contributed by atoms with van der Waals surface area (Å²) in [6.07, 6.45) is 15.0. The number of carboxylic acid groups (broad SMARTS) is 1. The van der Waals surface area contributed by atoms with Gasteiger partial charge in [-0.25, -0.2) is 4.79 Å². The first-order valence-electron chi connectivity index (χ1n) is 14.3. The minimum atomic E-state index is -2.86. The second kappa shape index (κ2) is 16.0. The lowest BCUT2D eigenvalue weighted by molar-refractivity contribution is -0.145. The van der Waals surface area contributed by atoms with E-state index in [-0.39, 0.29) is 5.04 Å². The highest BCUT2D eigenvalue weighted by Gasteiger charge is 2.52. The van der Waals surface area contributed by atoms with E-state index in [0.29, 0.717) is 6.42 Å². The number of aliphatic carboxylic acids is 1. The molecular formula is C32H50O3Si. The summed E-state index contributed by atoms with van der Waals surface area (Å²) < 4.78 is 6.88. The Labute approximate surface area is 221 Å². The lowest BCUT2D eigenvalue weighted by Crippen LogP contribution is -2.68. The maximum Gasteiger partial charge on any atom is 0.331 e. The maximum atomic E-state index is 12.4. The Bertz CT molecular complexity index is 805. The van der Waals surface area contributed by atoms with E-state index in [1.54, 1.807) is 0 Å². The van der Waals surface area contributed by atoms with Crippen molar-refractivity contribution in [2.75, 3.05) is 0 Å². The molecule has 0 radical (unpaired) electrons. The third kappa shape index (κ3) is 9.19. The van der Waals surface area contributed by atoms with E-state index in [2.05, 4.69) is 52.0 Å². The molecule has 200 valence electrons. The van der Waals surface area contributed by atoms with Gasteiger partial charge in [-0.2, -0.15) is 0 Å². The third-order valence-corrected chi connectivity index (χ3v) is 12.4. The molecule has 0 heterocycles. The Morgan fingerprint density at radius 3 is 1.47 bits per heavy atom. The van der Waals surface area contributed by atoms with Gasteiger partial charge in [0.2, 0.25) is 0 Å². The fourth-order valence-corrected chi connectivity index (χ4v) is 9.97. The fourth-order valence-electron chi connectivity index (χ4n) is 5.31. The molecule has 0 aliphatic rings. The Kier molecular flexibility index (Phi) is 13.5. The molecule has 0 spiro atoms. The van der Waals surface area contributed by atoms with Crippen LogP contribution in [0.1, 0.15) is 111 Å². The molecule has 4 heteroatoms. The Morgan fingerprint density at radius 2 is 1.11 bits per heavy atom. The van der Waals surface area contributed by atoms with Gasteiger partial charge in [0.05, 0.1) is 0 Å². The van der Waals surface area contributed by atoms with Crippen LogP contribution in [0.2, 0.25) is 5.04 Å². The number of benzene rings is 2. The molecule has 0 saturated carbocycles.